The third kappa shape index (κ3) is 2.28. The average Bonchev–Trinajstić information content (AvgIpc) is 3.21. The van der Waals surface area contributed by atoms with Gasteiger partial charge in [0, 0.05) is 12.0 Å². The van der Waals surface area contributed by atoms with E-state index in [1.165, 1.54) is 20.0 Å². The molecule has 0 radical (unpaired) electrons. The third-order valence-electron chi connectivity index (χ3n) is 5.23. The highest BCUT2D eigenvalue weighted by atomic mass is 35.5. The van der Waals surface area contributed by atoms with Crippen molar-refractivity contribution in [1.29, 1.82) is 0 Å². The Hall–Kier alpha value is -2.07. The second-order valence-corrected chi connectivity index (χ2v) is 6.99. The molecular formula is C19H19ClN2O2. The van der Waals surface area contributed by atoms with Gasteiger partial charge in [0.2, 0.25) is 0 Å². The summed E-state index contributed by atoms with van der Waals surface area (Å²) in [6.45, 7) is 0.865. The molecule has 0 saturated heterocycles. The predicted octanol–water partition coefficient (Wildman–Crippen LogP) is 4.49. The van der Waals surface area contributed by atoms with Crippen molar-refractivity contribution in [2.45, 2.75) is 31.1 Å². The van der Waals surface area contributed by atoms with Crippen LogP contribution in [-0.4, -0.2) is 24.6 Å². The number of methoxy groups -OCH3 is 1. The molecule has 0 unspecified atom stereocenters. The van der Waals surface area contributed by atoms with E-state index in [1.807, 2.05) is 30.3 Å². The topological polar surface area (TPSA) is 42.4 Å². The summed E-state index contributed by atoms with van der Waals surface area (Å²) in [5.74, 6) is -0.387. The van der Waals surface area contributed by atoms with Gasteiger partial charge in [-0.15, -0.1) is 0 Å². The molecule has 1 aromatic heterocycles. The molecule has 1 aromatic carbocycles. The van der Waals surface area contributed by atoms with Gasteiger partial charge in [0.05, 0.1) is 29.2 Å². The molecule has 0 N–H and O–H groups in total. The summed E-state index contributed by atoms with van der Waals surface area (Å²) in [5, 5.41) is 0.732. The van der Waals surface area contributed by atoms with Gasteiger partial charge in [-0.1, -0.05) is 36.6 Å². The van der Waals surface area contributed by atoms with Gasteiger partial charge >= 0.3 is 5.97 Å². The van der Waals surface area contributed by atoms with Gasteiger partial charge in [0.15, 0.2) is 0 Å². The number of halogens is 1. The monoisotopic (exact) mass is 342 g/mol. The van der Waals surface area contributed by atoms with Crippen LogP contribution in [0, 0.1) is 0 Å². The fraction of sp³-hybridized carbons (Fsp3) is 0.368. The minimum atomic E-state index is -0.387. The molecule has 2 aromatic rings. The molecule has 1 spiro atoms. The Labute approximate surface area is 146 Å². The average molecular weight is 343 g/mol. The summed E-state index contributed by atoms with van der Waals surface area (Å²) in [6.07, 6.45) is 4.58. The fourth-order valence-electron chi connectivity index (χ4n) is 4.07. The van der Waals surface area contributed by atoms with Gasteiger partial charge < -0.3 is 9.64 Å². The van der Waals surface area contributed by atoms with Crippen LogP contribution in [0.4, 0.5) is 11.4 Å². The predicted molar refractivity (Wildman–Crippen MR) is 94.2 cm³/mol. The highest BCUT2D eigenvalue weighted by molar-refractivity contribution is 6.33. The Kier molecular flexibility index (Phi) is 3.72. The van der Waals surface area contributed by atoms with E-state index in [2.05, 4.69) is 4.90 Å². The number of hydrogen-bond acceptors (Lipinski definition) is 4. The van der Waals surface area contributed by atoms with Crippen LogP contribution in [0.5, 0.6) is 0 Å². The summed E-state index contributed by atoms with van der Waals surface area (Å²) in [7, 11) is 1.39. The Morgan fingerprint density at radius 2 is 1.92 bits per heavy atom. The second-order valence-electron chi connectivity index (χ2n) is 6.58. The third-order valence-corrected chi connectivity index (χ3v) is 5.55. The Balaban J connectivity index is 1.85. The number of benzene rings is 1. The summed E-state index contributed by atoms with van der Waals surface area (Å²) in [4.78, 5) is 18.9. The number of nitrogens with zero attached hydrogens (tertiary/aromatic N) is 2. The molecule has 124 valence electrons. The number of hydrogen-bond donors (Lipinski definition) is 0. The van der Waals surface area contributed by atoms with Crippen LogP contribution in [0.1, 0.15) is 41.9 Å². The first kappa shape index (κ1) is 15.5. The molecule has 4 rings (SSSR count). The molecular weight excluding hydrogens is 324 g/mol. The minimum absolute atomic E-state index is 0.0124. The molecule has 1 aliphatic heterocycles. The van der Waals surface area contributed by atoms with Gasteiger partial charge in [0.25, 0.3) is 0 Å². The Bertz CT molecular complexity index is 800. The lowest BCUT2D eigenvalue weighted by Crippen LogP contribution is -2.29. The van der Waals surface area contributed by atoms with E-state index in [9.17, 15) is 4.79 Å². The molecule has 0 bridgehead atoms. The summed E-state index contributed by atoms with van der Waals surface area (Å²) in [5.41, 5.74) is 3.46. The molecule has 4 nitrogen and oxygen atoms in total. The zero-order valence-electron chi connectivity index (χ0n) is 13.6. The van der Waals surface area contributed by atoms with Gasteiger partial charge in [-0.05, 0) is 37.1 Å². The molecule has 1 aliphatic carbocycles. The molecule has 1 fully saturated rings. The van der Waals surface area contributed by atoms with Crippen LogP contribution in [0.25, 0.3) is 0 Å². The fourth-order valence-corrected chi connectivity index (χ4v) is 4.31. The van der Waals surface area contributed by atoms with Crippen LogP contribution in [0.15, 0.2) is 36.4 Å². The van der Waals surface area contributed by atoms with Gasteiger partial charge in [-0.25, -0.2) is 9.78 Å². The molecule has 1 saturated carbocycles. The summed E-state index contributed by atoms with van der Waals surface area (Å²) < 4.78 is 4.84. The lowest BCUT2D eigenvalue weighted by atomic mass is 9.84. The quantitative estimate of drug-likeness (QED) is 0.754. The smallest absolute Gasteiger partial charge is 0.356 e. The number of pyridine rings is 1. The van der Waals surface area contributed by atoms with Crippen LogP contribution in [0.2, 0.25) is 5.02 Å². The Morgan fingerprint density at radius 1 is 1.17 bits per heavy atom. The number of ether oxygens (including phenoxy) is 1. The van der Waals surface area contributed by atoms with Crippen molar-refractivity contribution in [3.05, 3.63) is 52.8 Å². The number of aromatic nitrogens is 1. The van der Waals surface area contributed by atoms with Crippen molar-refractivity contribution in [3.63, 3.8) is 0 Å². The van der Waals surface area contributed by atoms with Crippen molar-refractivity contribution >= 4 is 28.9 Å². The zero-order valence-corrected chi connectivity index (χ0v) is 14.3. The number of para-hydroxylation sites is 1. The van der Waals surface area contributed by atoms with E-state index in [0.29, 0.717) is 5.69 Å². The highest BCUT2D eigenvalue weighted by Crippen LogP contribution is 2.52. The number of esters is 1. The van der Waals surface area contributed by atoms with Gasteiger partial charge in [0.1, 0.15) is 5.69 Å². The lowest BCUT2D eigenvalue weighted by molar-refractivity contribution is 0.0593. The van der Waals surface area contributed by atoms with Crippen molar-refractivity contribution < 1.29 is 9.53 Å². The lowest BCUT2D eigenvalue weighted by Gasteiger charge is -2.25. The van der Waals surface area contributed by atoms with E-state index in [0.717, 1.165) is 41.5 Å². The highest BCUT2D eigenvalue weighted by Gasteiger charge is 2.47. The number of anilines is 2. The molecule has 0 atom stereocenters. The van der Waals surface area contributed by atoms with Crippen molar-refractivity contribution in [2.75, 3.05) is 18.6 Å². The van der Waals surface area contributed by atoms with E-state index in [-0.39, 0.29) is 11.4 Å². The van der Waals surface area contributed by atoms with Gasteiger partial charge in [-0.3, -0.25) is 0 Å². The number of rotatable bonds is 2. The molecule has 2 aliphatic rings. The van der Waals surface area contributed by atoms with E-state index in [4.69, 9.17) is 21.3 Å². The van der Waals surface area contributed by atoms with Crippen LogP contribution < -0.4 is 4.90 Å². The van der Waals surface area contributed by atoms with Crippen molar-refractivity contribution in [3.8, 4) is 0 Å². The first-order valence-corrected chi connectivity index (χ1v) is 8.64. The van der Waals surface area contributed by atoms with E-state index >= 15 is 0 Å². The maximum Gasteiger partial charge on any atom is 0.356 e. The SMILES string of the molecule is COC(=O)c1ccc2c(n1)C1(CCCC1)CN2c1ccccc1Cl. The standard InChI is InChI=1S/C19H19ClN2O2/c1-24-18(23)14-8-9-16-17(21-14)19(10-4-5-11-19)12-22(16)15-7-3-2-6-13(15)20/h2-3,6-9H,4-5,10-12H2,1H3. The molecule has 0 amide bonds. The summed E-state index contributed by atoms with van der Waals surface area (Å²) in [6, 6.07) is 11.6. The van der Waals surface area contributed by atoms with Gasteiger partial charge in [-0.2, -0.15) is 0 Å². The maximum absolute atomic E-state index is 11.9. The van der Waals surface area contributed by atoms with Crippen LogP contribution >= 0.6 is 11.6 Å². The van der Waals surface area contributed by atoms with Crippen LogP contribution in [0.3, 0.4) is 0 Å². The summed E-state index contributed by atoms with van der Waals surface area (Å²) >= 11 is 6.43. The van der Waals surface area contributed by atoms with Crippen molar-refractivity contribution in [2.24, 2.45) is 0 Å². The molecule has 24 heavy (non-hydrogen) atoms. The number of fused-ring (bicyclic) bond motifs is 2. The minimum Gasteiger partial charge on any atom is -0.464 e. The second kappa shape index (κ2) is 5.78. The zero-order chi connectivity index (χ0) is 16.7. The van der Waals surface area contributed by atoms with E-state index in [1.54, 1.807) is 6.07 Å². The number of carbonyl (C=O) groups is 1. The number of carbonyl (C=O) groups excluding carboxylic acids is 1. The largest absolute Gasteiger partial charge is 0.464 e. The maximum atomic E-state index is 11.9. The first-order valence-electron chi connectivity index (χ1n) is 8.26. The van der Waals surface area contributed by atoms with Crippen LogP contribution in [-0.2, 0) is 10.2 Å². The normalized spacial score (nSPS) is 18.0. The Morgan fingerprint density at radius 3 is 2.62 bits per heavy atom. The molecule has 5 heteroatoms. The molecule has 2 heterocycles. The first-order chi connectivity index (χ1) is 11.6. The van der Waals surface area contributed by atoms with Crippen molar-refractivity contribution in [1.82, 2.24) is 4.98 Å². The van der Waals surface area contributed by atoms with E-state index < -0.39 is 0 Å².